The molecule has 0 amide bonds. The summed E-state index contributed by atoms with van der Waals surface area (Å²) in [6.07, 6.45) is -1.22. The van der Waals surface area contributed by atoms with Gasteiger partial charge in [0.25, 0.3) is 0 Å². The second kappa shape index (κ2) is 8.57. The Morgan fingerprint density at radius 2 is 1.94 bits per heavy atom. The second-order valence-electron chi connectivity index (χ2n) is 6.88. The molecule has 0 fully saturated rings. The van der Waals surface area contributed by atoms with Crippen LogP contribution in [-0.4, -0.2) is 34.8 Å². The molecule has 31 heavy (non-hydrogen) atoms. The smallest absolute Gasteiger partial charge is 0.356 e. The van der Waals surface area contributed by atoms with Crippen LogP contribution in [0.3, 0.4) is 0 Å². The molecular formula is C24H21FN2O4. The van der Waals surface area contributed by atoms with Gasteiger partial charge in [0.1, 0.15) is 11.8 Å². The molecule has 2 N–H and O–H groups in total. The Morgan fingerprint density at radius 3 is 2.65 bits per heavy atom. The fourth-order valence-corrected chi connectivity index (χ4v) is 3.57. The summed E-state index contributed by atoms with van der Waals surface area (Å²) in [7, 11) is 1.26. The van der Waals surface area contributed by atoms with E-state index in [-0.39, 0.29) is 17.1 Å². The minimum atomic E-state index is -1.22. The largest absolute Gasteiger partial charge is 0.491 e. The van der Waals surface area contributed by atoms with Gasteiger partial charge in [0, 0.05) is 17.0 Å². The number of hydrogen-bond acceptors (Lipinski definition) is 5. The fraction of sp³-hybridized carbons (Fsp3) is 0.167. The highest BCUT2D eigenvalue weighted by molar-refractivity contribution is 5.93. The van der Waals surface area contributed by atoms with E-state index >= 15 is 0 Å². The van der Waals surface area contributed by atoms with Crippen molar-refractivity contribution < 1.29 is 23.8 Å². The van der Waals surface area contributed by atoms with Crippen LogP contribution in [0.4, 0.5) is 4.39 Å². The molecule has 0 aliphatic rings. The van der Waals surface area contributed by atoms with Gasteiger partial charge in [0.2, 0.25) is 0 Å². The average molecular weight is 420 g/mol. The molecule has 0 saturated carbocycles. The number of rotatable bonds is 6. The van der Waals surface area contributed by atoms with Gasteiger partial charge >= 0.3 is 5.97 Å². The summed E-state index contributed by atoms with van der Waals surface area (Å²) in [5.74, 6) is -1.01. The Morgan fingerprint density at radius 1 is 1.16 bits per heavy atom. The van der Waals surface area contributed by atoms with E-state index in [9.17, 15) is 14.3 Å². The molecule has 2 aromatic carbocycles. The minimum Gasteiger partial charge on any atom is -0.491 e. The monoisotopic (exact) mass is 420 g/mol. The third kappa shape index (κ3) is 3.87. The highest BCUT2D eigenvalue weighted by Crippen LogP contribution is 2.39. The Balaban J connectivity index is 1.93. The first kappa shape index (κ1) is 20.6. The topological polar surface area (TPSA) is 84.4 Å². The van der Waals surface area contributed by atoms with Gasteiger partial charge in [-0.15, -0.1) is 0 Å². The van der Waals surface area contributed by atoms with Crippen molar-refractivity contribution in [3.05, 3.63) is 83.4 Å². The number of aliphatic hydroxyl groups excluding tert-OH is 1. The number of aliphatic hydroxyl groups is 1. The van der Waals surface area contributed by atoms with E-state index in [1.807, 2.05) is 30.3 Å². The number of aromatic nitrogens is 2. The first-order valence-electron chi connectivity index (χ1n) is 9.80. The molecule has 6 nitrogen and oxygen atoms in total. The molecule has 2 heterocycles. The number of carbonyl (C=O) groups is 1. The van der Waals surface area contributed by atoms with Crippen molar-refractivity contribution in [1.29, 1.82) is 0 Å². The Labute approximate surface area is 178 Å². The maximum absolute atomic E-state index is 14.7. The zero-order valence-electron chi connectivity index (χ0n) is 17.1. The summed E-state index contributed by atoms with van der Waals surface area (Å²) in [6.45, 7) is 2.11. The summed E-state index contributed by atoms with van der Waals surface area (Å²) >= 11 is 0. The van der Waals surface area contributed by atoms with Crippen LogP contribution in [0.15, 0.2) is 60.7 Å². The van der Waals surface area contributed by atoms with Gasteiger partial charge in [-0.3, -0.25) is 0 Å². The van der Waals surface area contributed by atoms with Crippen LogP contribution in [-0.2, 0) is 4.74 Å². The zero-order chi connectivity index (χ0) is 22.0. The van der Waals surface area contributed by atoms with Crippen LogP contribution in [0.25, 0.3) is 22.2 Å². The summed E-state index contributed by atoms with van der Waals surface area (Å²) < 4.78 is 24.8. The Bertz CT molecular complexity index is 1240. The lowest BCUT2D eigenvalue weighted by Gasteiger charge is -2.14. The molecule has 1 atom stereocenters. The molecule has 1 unspecified atom stereocenters. The van der Waals surface area contributed by atoms with Gasteiger partial charge < -0.3 is 19.6 Å². The van der Waals surface area contributed by atoms with E-state index in [1.54, 1.807) is 25.1 Å². The van der Waals surface area contributed by atoms with Gasteiger partial charge in [0.15, 0.2) is 11.6 Å². The number of aromatic amines is 1. The van der Waals surface area contributed by atoms with Crippen molar-refractivity contribution in [2.75, 3.05) is 13.7 Å². The molecule has 0 aliphatic heterocycles. The minimum absolute atomic E-state index is 0.0740. The predicted molar refractivity (Wildman–Crippen MR) is 115 cm³/mol. The molecule has 0 bridgehead atoms. The summed E-state index contributed by atoms with van der Waals surface area (Å²) in [6, 6.07) is 17.1. The number of H-pyrrole nitrogens is 1. The van der Waals surface area contributed by atoms with Gasteiger partial charge in [-0.1, -0.05) is 36.4 Å². The van der Waals surface area contributed by atoms with Crippen LogP contribution in [0.2, 0.25) is 0 Å². The number of carbonyl (C=O) groups excluding carboxylic acids is 1. The van der Waals surface area contributed by atoms with Crippen molar-refractivity contribution in [3.63, 3.8) is 0 Å². The number of nitrogens with zero attached hydrogens (tertiary/aromatic N) is 1. The number of esters is 1. The van der Waals surface area contributed by atoms with E-state index < -0.39 is 17.9 Å². The van der Waals surface area contributed by atoms with E-state index in [0.717, 1.165) is 5.56 Å². The van der Waals surface area contributed by atoms with Crippen molar-refractivity contribution in [3.8, 4) is 17.0 Å². The standard InChI is InChI=1S/C24H21FN2O4/c1-3-31-20-13-19-15(12-16(20)25)21(22(27-19)14-8-5-4-6-9-14)23(28)17-10-7-11-18(26-17)24(29)30-2/h4-13,23,27-28H,3H2,1-2H3. The van der Waals surface area contributed by atoms with Crippen LogP contribution < -0.4 is 4.74 Å². The van der Waals surface area contributed by atoms with Crippen molar-refractivity contribution in [2.45, 2.75) is 13.0 Å². The number of hydrogen-bond donors (Lipinski definition) is 2. The molecule has 158 valence electrons. The average Bonchev–Trinajstić information content (AvgIpc) is 3.17. The van der Waals surface area contributed by atoms with Crippen LogP contribution in [0.1, 0.15) is 34.8 Å². The number of pyridine rings is 1. The molecule has 2 aromatic heterocycles. The number of ether oxygens (including phenoxy) is 2. The van der Waals surface area contributed by atoms with Crippen molar-refractivity contribution >= 4 is 16.9 Å². The third-order valence-corrected chi connectivity index (χ3v) is 4.97. The lowest BCUT2D eigenvalue weighted by Crippen LogP contribution is -2.09. The Hall–Kier alpha value is -3.71. The van der Waals surface area contributed by atoms with Crippen LogP contribution >= 0.6 is 0 Å². The lowest BCUT2D eigenvalue weighted by molar-refractivity contribution is 0.0593. The van der Waals surface area contributed by atoms with Gasteiger partial charge in [-0.2, -0.15) is 0 Å². The third-order valence-electron chi connectivity index (χ3n) is 4.97. The first-order chi connectivity index (χ1) is 15.0. The van der Waals surface area contributed by atoms with E-state index in [2.05, 4.69) is 9.97 Å². The van der Waals surface area contributed by atoms with Gasteiger partial charge in [-0.25, -0.2) is 14.2 Å². The molecule has 0 aliphatic carbocycles. The number of fused-ring (bicyclic) bond motifs is 1. The molecule has 4 aromatic rings. The normalized spacial score (nSPS) is 12.0. The SMILES string of the molecule is CCOc1cc2[nH]c(-c3ccccc3)c(C(O)c3cccc(C(=O)OC)n3)c2cc1F. The van der Waals surface area contributed by atoms with Crippen LogP contribution in [0.5, 0.6) is 5.75 Å². The van der Waals surface area contributed by atoms with Gasteiger partial charge in [0.05, 0.1) is 30.6 Å². The molecule has 0 spiro atoms. The van der Waals surface area contributed by atoms with Gasteiger partial charge in [-0.05, 0) is 30.7 Å². The molecule has 0 radical (unpaired) electrons. The number of nitrogens with one attached hydrogen (secondary N) is 1. The molecule has 0 saturated heterocycles. The summed E-state index contributed by atoms with van der Waals surface area (Å²) in [5, 5.41) is 11.8. The van der Waals surface area contributed by atoms with Crippen molar-refractivity contribution in [1.82, 2.24) is 9.97 Å². The number of benzene rings is 2. The molecule has 4 rings (SSSR count). The maximum Gasteiger partial charge on any atom is 0.356 e. The summed E-state index contributed by atoms with van der Waals surface area (Å²) in [5.41, 5.74) is 2.83. The van der Waals surface area contributed by atoms with Crippen molar-refractivity contribution in [2.24, 2.45) is 0 Å². The quantitative estimate of drug-likeness (QED) is 0.444. The molecule has 7 heteroatoms. The first-order valence-corrected chi connectivity index (χ1v) is 9.80. The van der Waals surface area contributed by atoms with Crippen LogP contribution in [0, 0.1) is 5.82 Å². The highest BCUT2D eigenvalue weighted by Gasteiger charge is 2.25. The fourth-order valence-electron chi connectivity index (χ4n) is 3.57. The Kier molecular flexibility index (Phi) is 5.68. The van der Waals surface area contributed by atoms with E-state index in [1.165, 1.54) is 19.2 Å². The number of methoxy groups -OCH3 is 1. The molecular weight excluding hydrogens is 399 g/mol. The van der Waals surface area contributed by atoms with E-state index in [4.69, 9.17) is 9.47 Å². The maximum atomic E-state index is 14.7. The number of halogens is 1. The second-order valence-corrected chi connectivity index (χ2v) is 6.88. The lowest BCUT2D eigenvalue weighted by atomic mass is 9.98. The predicted octanol–water partition coefficient (Wildman–Crippen LogP) is 4.64. The highest BCUT2D eigenvalue weighted by atomic mass is 19.1. The summed E-state index contributed by atoms with van der Waals surface area (Å²) in [4.78, 5) is 19.4. The zero-order valence-corrected chi connectivity index (χ0v) is 17.1. The van der Waals surface area contributed by atoms with E-state index in [0.29, 0.717) is 28.8 Å².